The summed E-state index contributed by atoms with van der Waals surface area (Å²) in [6.07, 6.45) is 0. The molecule has 1 aliphatic heterocycles. The minimum absolute atomic E-state index is 0.0699. The Morgan fingerprint density at radius 3 is 2.18 bits per heavy atom. The van der Waals surface area contributed by atoms with Crippen LogP contribution in [0, 0.1) is 13.8 Å². The molecule has 0 bridgehead atoms. The van der Waals surface area contributed by atoms with Crippen LogP contribution in [0.25, 0.3) is 10.8 Å². The largest absolute Gasteiger partial charge is 0.504 e. The minimum Gasteiger partial charge on any atom is -0.504 e. The van der Waals surface area contributed by atoms with Gasteiger partial charge in [0, 0.05) is 16.5 Å². The fraction of sp³-hybridized carbons (Fsp3) is 0.312. The molecule has 0 fully saturated rings. The summed E-state index contributed by atoms with van der Waals surface area (Å²) in [6.45, 7) is 3.77. The van der Waals surface area contributed by atoms with Gasteiger partial charge in [-0.15, -0.1) is 0 Å². The summed E-state index contributed by atoms with van der Waals surface area (Å²) in [5, 5.41) is 31.1. The van der Waals surface area contributed by atoms with E-state index in [0.717, 1.165) is 0 Å². The number of aryl methyl sites for hydroxylation is 1. The van der Waals surface area contributed by atoms with E-state index in [2.05, 4.69) is 0 Å². The van der Waals surface area contributed by atoms with Crippen LogP contribution in [0.15, 0.2) is 4.79 Å². The molecule has 0 atom stereocenters. The monoisotopic (exact) mass is 304 g/mol. The minimum atomic E-state index is -0.694. The molecule has 22 heavy (non-hydrogen) atoms. The number of benzene rings is 1. The van der Waals surface area contributed by atoms with Crippen LogP contribution in [0.4, 0.5) is 0 Å². The van der Waals surface area contributed by atoms with Gasteiger partial charge in [0.15, 0.2) is 17.2 Å². The first-order valence-electron chi connectivity index (χ1n) is 6.77. The Kier molecular flexibility index (Phi) is 3.14. The van der Waals surface area contributed by atoms with Crippen molar-refractivity contribution in [2.45, 2.75) is 27.1 Å². The van der Waals surface area contributed by atoms with E-state index >= 15 is 0 Å². The van der Waals surface area contributed by atoms with Crippen LogP contribution in [0.3, 0.4) is 0 Å². The zero-order valence-electron chi connectivity index (χ0n) is 12.5. The highest BCUT2D eigenvalue weighted by Gasteiger charge is 2.27. The SMILES string of the molecule is COc1c(O)c(C)c2c3c(c(C)c(O)c(=O)c2c1O)COC3. The topological polar surface area (TPSA) is 96.2 Å². The van der Waals surface area contributed by atoms with Crippen LogP contribution in [0.1, 0.15) is 22.3 Å². The molecule has 0 saturated carbocycles. The summed E-state index contributed by atoms with van der Waals surface area (Å²) >= 11 is 0. The molecule has 1 heterocycles. The van der Waals surface area contributed by atoms with Crippen molar-refractivity contribution in [2.75, 3.05) is 7.11 Å². The van der Waals surface area contributed by atoms with E-state index in [9.17, 15) is 20.1 Å². The molecule has 2 aromatic carbocycles. The molecule has 0 aromatic heterocycles. The van der Waals surface area contributed by atoms with E-state index in [1.165, 1.54) is 7.11 Å². The number of ether oxygens (including phenoxy) is 2. The Hall–Kier alpha value is -2.47. The maximum Gasteiger partial charge on any atom is 0.232 e. The highest BCUT2D eigenvalue weighted by Crippen LogP contribution is 2.46. The molecule has 116 valence electrons. The molecule has 0 radical (unpaired) electrons. The van der Waals surface area contributed by atoms with Crippen LogP contribution in [0.2, 0.25) is 0 Å². The van der Waals surface area contributed by atoms with Crippen molar-refractivity contribution in [1.29, 1.82) is 0 Å². The normalized spacial score (nSPS) is 13.4. The van der Waals surface area contributed by atoms with Gasteiger partial charge in [-0.2, -0.15) is 0 Å². The fourth-order valence-electron chi connectivity index (χ4n) is 3.03. The molecule has 1 aliphatic rings. The smallest absolute Gasteiger partial charge is 0.232 e. The Balaban J connectivity index is 2.73. The number of hydrogen-bond donors (Lipinski definition) is 3. The second-order valence-corrected chi connectivity index (χ2v) is 5.36. The van der Waals surface area contributed by atoms with Crippen molar-refractivity contribution in [3.8, 4) is 23.0 Å². The average molecular weight is 304 g/mol. The summed E-state index contributed by atoms with van der Waals surface area (Å²) in [5.74, 6) is -1.33. The van der Waals surface area contributed by atoms with E-state index in [1.807, 2.05) is 0 Å². The van der Waals surface area contributed by atoms with Gasteiger partial charge in [0.05, 0.1) is 25.7 Å². The lowest BCUT2D eigenvalue weighted by molar-refractivity contribution is 0.134. The summed E-state index contributed by atoms with van der Waals surface area (Å²) in [4.78, 5) is 12.6. The van der Waals surface area contributed by atoms with E-state index in [4.69, 9.17) is 9.47 Å². The maximum atomic E-state index is 12.6. The van der Waals surface area contributed by atoms with Crippen LogP contribution >= 0.6 is 0 Å². The first-order valence-corrected chi connectivity index (χ1v) is 6.77. The number of rotatable bonds is 1. The van der Waals surface area contributed by atoms with Gasteiger partial charge < -0.3 is 24.8 Å². The molecular formula is C16H16O6. The molecule has 0 unspecified atom stereocenters. The van der Waals surface area contributed by atoms with Crippen molar-refractivity contribution < 1.29 is 24.8 Å². The van der Waals surface area contributed by atoms with E-state index in [-0.39, 0.29) is 30.1 Å². The zero-order chi connectivity index (χ0) is 16.2. The molecule has 6 heteroatoms. The summed E-state index contributed by atoms with van der Waals surface area (Å²) in [6, 6.07) is 0. The third-order valence-corrected chi connectivity index (χ3v) is 4.26. The second-order valence-electron chi connectivity index (χ2n) is 5.36. The molecule has 3 N–H and O–H groups in total. The second kappa shape index (κ2) is 4.78. The number of hydrogen-bond acceptors (Lipinski definition) is 6. The van der Waals surface area contributed by atoms with Crippen molar-refractivity contribution in [3.05, 3.63) is 32.5 Å². The molecule has 2 aromatic rings. The van der Waals surface area contributed by atoms with Crippen LogP contribution in [-0.2, 0) is 18.0 Å². The van der Waals surface area contributed by atoms with Gasteiger partial charge in [-0.05, 0) is 25.0 Å². The van der Waals surface area contributed by atoms with Gasteiger partial charge >= 0.3 is 0 Å². The van der Waals surface area contributed by atoms with Gasteiger partial charge in [0.25, 0.3) is 0 Å². The maximum absolute atomic E-state index is 12.6. The summed E-state index contributed by atoms with van der Waals surface area (Å²) in [7, 11) is 1.28. The average Bonchev–Trinajstić information content (AvgIpc) is 2.95. The molecule has 0 aliphatic carbocycles. The highest BCUT2D eigenvalue weighted by atomic mass is 16.5. The molecule has 6 nitrogen and oxygen atoms in total. The van der Waals surface area contributed by atoms with E-state index in [0.29, 0.717) is 27.6 Å². The van der Waals surface area contributed by atoms with Gasteiger partial charge in [0.2, 0.25) is 11.2 Å². The lowest BCUT2D eigenvalue weighted by Crippen LogP contribution is -2.02. The Morgan fingerprint density at radius 1 is 0.909 bits per heavy atom. The molecule has 0 saturated heterocycles. The first-order chi connectivity index (χ1) is 10.4. The third-order valence-electron chi connectivity index (χ3n) is 4.26. The Morgan fingerprint density at radius 2 is 1.55 bits per heavy atom. The highest BCUT2D eigenvalue weighted by molar-refractivity contribution is 5.98. The molecule has 0 spiro atoms. The predicted octanol–water partition coefficient (Wildman–Crippen LogP) is 1.97. The fourth-order valence-corrected chi connectivity index (χ4v) is 3.03. The quantitative estimate of drug-likeness (QED) is 0.745. The Bertz CT molecular complexity index is 869. The van der Waals surface area contributed by atoms with E-state index < -0.39 is 16.9 Å². The number of fused-ring (bicyclic) bond motifs is 3. The summed E-state index contributed by atoms with van der Waals surface area (Å²) in [5.41, 5.74) is 1.53. The van der Waals surface area contributed by atoms with Gasteiger partial charge in [0.1, 0.15) is 0 Å². The van der Waals surface area contributed by atoms with Crippen molar-refractivity contribution in [2.24, 2.45) is 0 Å². The summed E-state index contributed by atoms with van der Waals surface area (Å²) < 4.78 is 10.4. The lowest BCUT2D eigenvalue weighted by Gasteiger charge is -2.12. The number of aromatic hydroxyl groups is 3. The lowest BCUT2D eigenvalue weighted by atomic mass is 9.98. The number of phenols is 2. The van der Waals surface area contributed by atoms with Crippen molar-refractivity contribution in [1.82, 2.24) is 0 Å². The zero-order valence-corrected chi connectivity index (χ0v) is 12.5. The van der Waals surface area contributed by atoms with Crippen LogP contribution in [0.5, 0.6) is 23.0 Å². The van der Waals surface area contributed by atoms with E-state index in [1.54, 1.807) is 13.8 Å². The molecular weight excluding hydrogens is 288 g/mol. The molecule has 3 rings (SSSR count). The van der Waals surface area contributed by atoms with Gasteiger partial charge in [-0.3, -0.25) is 4.79 Å². The Labute approximate surface area is 126 Å². The number of methoxy groups -OCH3 is 1. The first kappa shape index (κ1) is 14.5. The van der Waals surface area contributed by atoms with Crippen molar-refractivity contribution in [3.63, 3.8) is 0 Å². The third kappa shape index (κ3) is 1.67. The van der Waals surface area contributed by atoms with Crippen LogP contribution in [-0.4, -0.2) is 22.4 Å². The molecule has 0 amide bonds. The van der Waals surface area contributed by atoms with Gasteiger partial charge in [-0.1, -0.05) is 0 Å². The number of phenolic OH excluding ortho intramolecular Hbond substituents is 2. The van der Waals surface area contributed by atoms with Crippen molar-refractivity contribution >= 4 is 10.8 Å². The standard InChI is InChI=1S/C16H16O6/c1-6-8-4-22-5-9(8)10-7(2)13(18)16(21-3)15(20)11(10)14(19)12(6)17/h18,20H,4-5H2,1-3H3,(H,17,19). The predicted molar refractivity (Wildman–Crippen MR) is 79.7 cm³/mol. The van der Waals surface area contributed by atoms with Crippen LogP contribution < -0.4 is 10.2 Å². The van der Waals surface area contributed by atoms with Gasteiger partial charge in [-0.25, -0.2) is 0 Å².